The van der Waals surface area contributed by atoms with Crippen LogP contribution in [0.15, 0.2) is 65.6 Å². The van der Waals surface area contributed by atoms with E-state index in [9.17, 15) is 17.2 Å². The van der Waals surface area contributed by atoms with Crippen LogP contribution in [0.4, 0.5) is 14.5 Å². The first kappa shape index (κ1) is 22.0. The van der Waals surface area contributed by atoms with Gasteiger partial charge in [-0.15, -0.1) is 0 Å². The highest BCUT2D eigenvalue weighted by molar-refractivity contribution is 7.92. The fraction of sp³-hybridized carbons (Fsp3) is 0.240. The number of nitrogens with zero attached hydrogens (tertiary/aromatic N) is 2. The summed E-state index contributed by atoms with van der Waals surface area (Å²) in [6.07, 6.45) is 1.81. The highest BCUT2D eigenvalue weighted by Crippen LogP contribution is 2.37. The van der Waals surface area contributed by atoms with Gasteiger partial charge in [0.15, 0.2) is 0 Å². The van der Waals surface area contributed by atoms with E-state index in [-0.39, 0.29) is 10.5 Å². The van der Waals surface area contributed by atoms with Gasteiger partial charge in [0.2, 0.25) is 0 Å². The first-order valence-corrected chi connectivity index (χ1v) is 11.8. The van der Waals surface area contributed by atoms with Crippen molar-refractivity contribution in [2.24, 2.45) is 0 Å². The molecule has 164 valence electrons. The molecule has 3 aromatic rings. The third-order valence-corrected chi connectivity index (χ3v) is 7.75. The lowest BCUT2D eigenvalue weighted by atomic mass is 9.93. The Bertz CT molecular complexity index is 1300. The lowest BCUT2D eigenvalue weighted by Crippen LogP contribution is -2.44. The summed E-state index contributed by atoms with van der Waals surface area (Å²) in [5, 5.41) is 8.93. The van der Waals surface area contributed by atoms with Crippen molar-refractivity contribution in [3.63, 3.8) is 0 Å². The molecule has 0 fully saturated rings. The molecule has 0 bridgehead atoms. The second-order valence-electron chi connectivity index (χ2n) is 8.04. The van der Waals surface area contributed by atoms with E-state index in [0.717, 1.165) is 11.1 Å². The molecule has 0 amide bonds. The Balaban J connectivity index is 1.71. The molecule has 1 unspecified atom stereocenters. The lowest BCUT2D eigenvalue weighted by molar-refractivity contribution is 0.515. The van der Waals surface area contributed by atoms with Gasteiger partial charge in [-0.2, -0.15) is 5.26 Å². The molecule has 1 aliphatic heterocycles. The Labute approximate surface area is 186 Å². The van der Waals surface area contributed by atoms with Gasteiger partial charge in [0.1, 0.15) is 11.6 Å². The average Bonchev–Trinajstić information content (AvgIpc) is 2.77. The zero-order valence-electron chi connectivity index (χ0n) is 17.6. The third kappa shape index (κ3) is 4.23. The van der Waals surface area contributed by atoms with Crippen molar-refractivity contribution in [3.05, 3.63) is 94.6 Å². The third-order valence-electron chi connectivity index (χ3n) is 5.87. The van der Waals surface area contributed by atoms with Crippen LogP contribution >= 0.6 is 0 Å². The van der Waals surface area contributed by atoms with Gasteiger partial charge in [-0.3, -0.25) is 4.31 Å². The monoisotopic (exact) mass is 452 g/mol. The Morgan fingerprint density at radius 1 is 1.06 bits per heavy atom. The molecule has 1 aliphatic rings. The molecule has 0 saturated carbocycles. The van der Waals surface area contributed by atoms with E-state index in [1.165, 1.54) is 22.5 Å². The smallest absolute Gasteiger partial charge is 0.263 e. The van der Waals surface area contributed by atoms with E-state index in [2.05, 4.69) is 0 Å². The maximum absolute atomic E-state index is 14.4. The summed E-state index contributed by atoms with van der Waals surface area (Å²) in [5.74, 6) is -0.995. The summed E-state index contributed by atoms with van der Waals surface area (Å²) in [7, 11) is -3.95. The number of benzene rings is 3. The van der Waals surface area contributed by atoms with Crippen molar-refractivity contribution < 1.29 is 17.2 Å². The van der Waals surface area contributed by atoms with Crippen LogP contribution in [0, 0.1) is 29.9 Å². The highest BCUT2D eigenvalue weighted by atomic mass is 32.2. The van der Waals surface area contributed by atoms with Gasteiger partial charge in [-0.05, 0) is 80.1 Å². The maximum Gasteiger partial charge on any atom is 0.264 e. The van der Waals surface area contributed by atoms with Gasteiger partial charge >= 0.3 is 0 Å². The fourth-order valence-corrected chi connectivity index (χ4v) is 5.88. The minimum atomic E-state index is -3.95. The van der Waals surface area contributed by atoms with E-state index in [4.69, 9.17) is 5.26 Å². The largest absolute Gasteiger partial charge is 0.264 e. The van der Waals surface area contributed by atoms with E-state index in [0.29, 0.717) is 36.9 Å². The summed E-state index contributed by atoms with van der Waals surface area (Å²) in [4.78, 5) is 0.134. The first-order chi connectivity index (χ1) is 15.3. The molecule has 1 heterocycles. The summed E-state index contributed by atoms with van der Waals surface area (Å²) < 4.78 is 57.1. The van der Waals surface area contributed by atoms with Crippen molar-refractivity contribution in [1.29, 1.82) is 5.26 Å². The molecule has 0 radical (unpaired) electrons. The Morgan fingerprint density at radius 3 is 2.50 bits per heavy atom. The minimum Gasteiger partial charge on any atom is -0.263 e. The van der Waals surface area contributed by atoms with Crippen molar-refractivity contribution >= 4 is 15.7 Å². The fourth-order valence-electron chi connectivity index (χ4n) is 4.14. The summed E-state index contributed by atoms with van der Waals surface area (Å²) in [6, 6.07) is 16.5. The predicted octanol–water partition coefficient (Wildman–Crippen LogP) is 5.29. The molecule has 7 heteroatoms. The number of aryl methyl sites for hydroxylation is 3. The minimum absolute atomic E-state index is 0.134. The van der Waals surface area contributed by atoms with Gasteiger partial charge in [0.05, 0.1) is 22.2 Å². The van der Waals surface area contributed by atoms with E-state index in [1.54, 1.807) is 42.5 Å². The Kier molecular flexibility index (Phi) is 5.98. The van der Waals surface area contributed by atoms with Gasteiger partial charge in [0, 0.05) is 6.04 Å². The summed E-state index contributed by atoms with van der Waals surface area (Å²) in [5.41, 5.74) is 2.69. The Morgan fingerprint density at radius 2 is 1.81 bits per heavy atom. The first-order valence-electron chi connectivity index (χ1n) is 10.4. The molecule has 3 aromatic carbocycles. The standard InChI is InChI=1S/C25H22F2N2O2S/c1-17-2-12-23(13-3-17)32(30,31)29-22(11-8-20-6-9-21(26)15-25(20)29)10-7-19-5-4-18(16-28)14-24(19)27/h2-6,9,12-15,22H,7-8,10-11H2,1H3. The van der Waals surface area contributed by atoms with Crippen LogP contribution in [-0.2, 0) is 22.9 Å². The number of hydrogen-bond acceptors (Lipinski definition) is 3. The molecule has 0 saturated heterocycles. The maximum atomic E-state index is 14.4. The van der Waals surface area contributed by atoms with Crippen LogP contribution in [0.1, 0.15) is 35.1 Å². The van der Waals surface area contributed by atoms with Crippen LogP contribution in [0.5, 0.6) is 0 Å². The molecule has 0 spiro atoms. The summed E-state index contributed by atoms with van der Waals surface area (Å²) >= 11 is 0. The number of rotatable bonds is 5. The molecule has 1 atom stereocenters. The van der Waals surface area contributed by atoms with E-state index < -0.39 is 27.7 Å². The van der Waals surface area contributed by atoms with Crippen molar-refractivity contribution in [2.75, 3.05) is 4.31 Å². The average molecular weight is 453 g/mol. The summed E-state index contributed by atoms with van der Waals surface area (Å²) in [6.45, 7) is 1.87. The van der Waals surface area contributed by atoms with E-state index >= 15 is 0 Å². The normalized spacial score (nSPS) is 15.8. The second-order valence-corrected chi connectivity index (χ2v) is 9.85. The van der Waals surface area contributed by atoms with Gasteiger partial charge in [-0.1, -0.05) is 29.8 Å². The van der Waals surface area contributed by atoms with Crippen molar-refractivity contribution in [3.8, 4) is 6.07 Å². The quantitative estimate of drug-likeness (QED) is 0.529. The molecule has 4 rings (SSSR count). The van der Waals surface area contributed by atoms with Gasteiger partial charge in [0.25, 0.3) is 10.0 Å². The molecule has 0 aromatic heterocycles. The number of halogens is 2. The van der Waals surface area contributed by atoms with Gasteiger partial charge < -0.3 is 0 Å². The second kappa shape index (κ2) is 8.71. The van der Waals surface area contributed by atoms with Crippen molar-refractivity contribution in [1.82, 2.24) is 0 Å². The lowest BCUT2D eigenvalue weighted by Gasteiger charge is -2.38. The van der Waals surface area contributed by atoms with Crippen LogP contribution < -0.4 is 4.31 Å². The van der Waals surface area contributed by atoms with Gasteiger partial charge in [-0.25, -0.2) is 17.2 Å². The molecule has 0 N–H and O–H groups in total. The molecule has 4 nitrogen and oxygen atoms in total. The van der Waals surface area contributed by atoms with Crippen LogP contribution in [0.25, 0.3) is 0 Å². The van der Waals surface area contributed by atoms with E-state index in [1.807, 2.05) is 13.0 Å². The van der Waals surface area contributed by atoms with Crippen LogP contribution in [-0.4, -0.2) is 14.5 Å². The highest BCUT2D eigenvalue weighted by Gasteiger charge is 2.36. The zero-order valence-corrected chi connectivity index (χ0v) is 18.4. The molecular formula is C25H22F2N2O2S. The number of sulfonamides is 1. The molecule has 0 aliphatic carbocycles. The van der Waals surface area contributed by atoms with Crippen molar-refractivity contribution in [2.45, 2.75) is 43.5 Å². The SMILES string of the molecule is Cc1ccc(S(=O)(=O)N2c3cc(F)ccc3CCC2CCc2ccc(C#N)cc2F)cc1. The molecule has 32 heavy (non-hydrogen) atoms. The number of anilines is 1. The van der Waals surface area contributed by atoms with Crippen LogP contribution in [0.2, 0.25) is 0 Å². The number of hydrogen-bond donors (Lipinski definition) is 0. The zero-order chi connectivity index (χ0) is 22.9. The number of fused-ring (bicyclic) bond motifs is 1. The molecular weight excluding hydrogens is 430 g/mol. The topological polar surface area (TPSA) is 61.2 Å². The van der Waals surface area contributed by atoms with Crippen LogP contribution in [0.3, 0.4) is 0 Å². The number of nitriles is 1. The predicted molar refractivity (Wildman–Crippen MR) is 119 cm³/mol. The Hall–Kier alpha value is -3.24.